The molecule has 26 heavy (non-hydrogen) atoms. The Labute approximate surface area is 157 Å². The molecule has 0 saturated carbocycles. The normalized spacial score (nSPS) is 10.6. The number of hydrogen-bond acceptors (Lipinski definition) is 3. The molecule has 3 aromatic rings. The van der Waals surface area contributed by atoms with Crippen molar-refractivity contribution in [2.45, 2.75) is 6.61 Å². The molecule has 0 aliphatic carbocycles. The molecule has 3 aromatic carbocycles. The van der Waals surface area contributed by atoms with Crippen LogP contribution in [0.3, 0.4) is 0 Å². The lowest BCUT2D eigenvalue weighted by atomic mass is 10.0. The quantitative estimate of drug-likeness (QED) is 0.631. The molecular formula is C21H19ClFNO2. The van der Waals surface area contributed by atoms with Gasteiger partial charge in [-0.3, -0.25) is 0 Å². The van der Waals surface area contributed by atoms with Gasteiger partial charge in [0.05, 0.1) is 5.02 Å². The van der Waals surface area contributed by atoms with E-state index >= 15 is 0 Å². The van der Waals surface area contributed by atoms with Gasteiger partial charge in [0, 0.05) is 12.1 Å². The van der Waals surface area contributed by atoms with Crippen molar-refractivity contribution in [3.05, 3.63) is 83.1 Å². The van der Waals surface area contributed by atoms with E-state index in [4.69, 9.17) is 26.8 Å². The lowest BCUT2D eigenvalue weighted by molar-refractivity contribution is 0.266. The Hall–Kier alpha value is -2.56. The molecule has 0 amide bonds. The fourth-order valence-corrected chi connectivity index (χ4v) is 2.71. The van der Waals surface area contributed by atoms with Gasteiger partial charge in [-0.1, -0.05) is 60.1 Å². The summed E-state index contributed by atoms with van der Waals surface area (Å²) in [7, 11) is 0. The van der Waals surface area contributed by atoms with Crippen LogP contribution in [-0.4, -0.2) is 13.2 Å². The summed E-state index contributed by atoms with van der Waals surface area (Å²) in [6, 6.07) is 20.0. The van der Waals surface area contributed by atoms with Crippen LogP contribution in [0.15, 0.2) is 66.7 Å². The fraction of sp³-hybridized carbons (Fsp3) is 0.143. The fourth-order valence-electron chi connectivity index (χ4n) is 2.54. The maximum absolute atomic E-state index is 14.4. The second-order valence-corrected chi connectivity index (χ2v) is 6.08. The van der Waals surface area contributed by atoms with Crippen molar-refractivity contribution in [1.82, 2.24) is 0 Å². The number of hydrogen-bond donors (Lipinski definition) is 1. The molecule has 0 bridgehead atoms. The molecule has 0 aliphatic heterocycles. The van der Waals surface area contributed by atoms with Gasteiger partial charge < -0.3 is 15.2 Å². The molecule has 5 heteroatoms. The molecule has 0 atom stereocenters. The van der Waals surface area contributed by atoms with Crippen LogP contribution in [0.5, 0.6) is 11.5 Å². The number of nitrogens with two attached hydrogens (primary N) is 1. The summed E-state index contributed by atoms with van der Waals surface area (Å²) in [6.07, 6.45) is 0. The third-order valence-electron chi connectivity index (χ3n) is 3.82. The van der Waals surface area contributed by atoms with E-state index in [0.717, 1.165) is 5.56 Å². The van der Waals surface area contributed by atoms with E-state index in [0.29, 0.717) is 42.4 Å². The van der Waals surface area contributed by atoms with Gasteiger partial charge in [0.1, 0.15) is 19.0 Å². The highest BCUT2D eigenvalue weighted by molar-refractivity contribution is 6.31. The smallest absolute Gasteiger partial charge is 0.162 e. The second-order valence-electron chi connectivity index (χ2n) is 5.67. The van der Waals surface area contributed by atoms with Crippen LogP contribution < -0.4 is 15.2 Å². The Morgan fingerprint density at radius 1 is 0.885 bits per heavy atom. The summed E-state index contributed by atoms with van der Waals surface area (Å²) in [6.45, 7) is 1.14. The summed E-state index contributed by atoms with van der Waals surface area (Å²) >= 11 is 5.90. The van der Waals surface area contributed by atoms with Gasteiger partial charge in [0.25, 0.3) is 0 Å². The highest BCUT2D eigenvalue weighted by Gasteiger charge is 2.13. The van der Waals surface area contributed by atoms with E-state index in [1.807, 2.05) is 30.3 Å². The summed E-state index contributed by atoms with van der Waals surface area (Å²) in [5.41, 5.74) is 7.61. The molecule has 3 rings (SSSR count). The minimum atomic E-state index is -0.459. The first-order chi connectivity index (χ1) is 12.7. The maximum atomic E-state index is 14.4. The van der Waals surface area contributed by atoms with Crippen LogP contribution in [0.25, 0.3) is 11.1 Å². The van der Waals surface area contributed by atoms with Crippen molar-refractivity contribution in [2.75, 3.05) is 13.2 Å². The van der Waals surface area contributed by atoms with E-state index < -0.39 is 5.82 Å². The molecule has 0 saturated heterocycles. The number of halogens is 2. The molecule has 0 aliphatic rings. The van der Waals surface area contributed by atoms with Gasteiger partial charge >= 0.3 is 0 Å². The maximum Gasteiger partial charge on any atom is 0.162 e. The van der Waals surface area contributed by atoms with Crippen LogP contribution >= 0.6 is 11.6 Å². The molecule has 3 nitrogen and oxygen atoms in total. The first-order valence-corrected chi connectivity index (χ1v) is 8.65. The van der Waals surface area contributed by atoms with Gasteiger partial charge in [0.2, 0.25) is 0 Å². The number of rotatable bonds is 7. The topological polar surface area (TPSA) is 44.5 Å². The largest absolute Gasteiger partial charge is 0.488 e. The van der Waals surface area contributed by atoms with Crippen LogP contribution in [0.2, 0.25) is 5.02 Å². The van der Waals surface area contributed by atoms with Crippen molar-refractivity contribution in [3.63, 3.8) is 0 Å². The second kappa shape index (κ2) is 8.70. The Kier molecular flexibility index (Phi) is 6.10. The molecule has 0 fully saturated rings. The standard InChI is InChI=1S/C21H19ClFNO2/c22-18-8-4-7-17(21(18)23)16-9-10-19(25-12-11-24)20(13-16)26-14-15-5-2-1-3-6-15/h1-10,13H,11-12,14,24H2. The van der Waals surface area contributed by atoms with E-state index in [-0.39, 0.29) is 5.02 Å². The average Bonchev–Trinajstić information content (AvgIpc) is 2.68. The van der Waals surface area contributed by atoms with E-state index in [2.05, 4.69) is 0 Å². The Bertz CT molecular complexity index is 871. The molecule has 0 spiro atoms. The Balaban J connectivity index is 1.91. The van der Waals surface area contributed by atoms with Crippen LogP contribution in [0.1, 0.15) is 5.56 Å². The predicted octanol–water partition coefficient (Wildman–Crippen LogP) is 5.06. The zero-order valence-corrected chi connectivity index (χ0v) is 14.9. The first kappa shape index (κ1) is 18.2. The van der Waals surface area contributed by atoms with Crippen LogP contribution in [-0.2, 0) is 6.61 Å². The lowest BCUT2D eigenvalue weighted by Crippen LogP contribution is -2.11. The van der Waals surface area contributed by atoms with E-state index in [1.165, 1.54) is 6.07 Å². The summed E-state index contributed by atoms with van der Waals surface area (Å²) in [5, 5.41) is 0.0812. The van der Waals surface area contributed by atoms with Gasteiger partial charge in [-0.25, -0.2) is 4.39 Å². The van der Waals surface area contributed by atoms with Gasteiger partial charge in [-0.15, -0.1) is 0 Å². The summed E-state index contributed by atoms with van der Waals surface area (Å²) in [5.74, 6) is 0.635. The van der Waals surface area contributed by atoms with E-state index in [9.17, 15) is 4.39 Å². The van der Waals surface area contributed by atoms with Gasteiger partial charge in [0.15, 0.2) is 11.5 Å². The zero-order chi connectivity index (χ0) is 18.4. The Morgan fingerprint density at radius 2 is 1.69 bits per heavy atom. The number of ether oxygens (including phenoxy) is 2. The summed E-state index contributed by atoms with van der Waals surface area (Å²) in [4.78, 5) is 0. The molecule has 0 aromatic heterocycles. The molecule has 0 radical (unpaired) electrons. The molecule has 0 heterocycles. The average molecular weight is 372 g/mol. The van der Waals surface area contributed by atoms with Crippen molar-refractivity contribution >= 4 is 11.6 Å². The lowest BCUT2D eigenvalue weighted by Gasteiger charge is -2.14. The van der Waals surface area contributed by atoms with Crippen LogP contribution in [0, 0.1) is 5.82 Å². The highest BCUT2D eigenvalue weighted by Crippen LogP contribution is 2.35. The zero-order valence-electron chi connectivity index (χ0n) is 14.1. The highest BCUT2D eigenvalue weighted by atomic mass is 35.5. The molecule has 2 N–H and O–H groups in total. The van der Waals surface area contributed by atoms with Crippen molar-refractivity contribution in [2.24, 2.45) is 5.73 Å². The summed E-state index contributed by atoms with van der Waals surface area (Å²) < 4.78 is 25.9. The third kappa shape index (κ3) is 4.34. The minimum absolute atomic E-state index is 0.0812. The van der Waals surface area contributed by atoms with Gasteiger partial charge in [-0.05, 0) is 29.3 Å². The van der Waals surface area contributed by atoms with Crippen molar-refractivity contribution < 1.29 is 13.9 Å². The Morgan fingerprint density at radius 3 is 2.46 bits per heavy atom. The van der Waals surface area contributed by atoms with Crippen molar-refractivity contribution in [1.29, 1.82) is 0 Å². The monoisotopic (exact) mass is 371 g/mol. The number of benzene rings is 3. The predicted molar refractivity (Wildman–Crippen MR) is 102 cm³/mol. The van der Waals surface area contributed by atoms with Crippen LogP contribution in [0.4, 0.5) is 4.39 Å². The SMILES string of the molecule is NCCOc1ccc(-c2cccc(Cl)c2F)cc1OCc1ccccc1. The van der Waals surface area contributed by atoms with Crippen molar-refractivity contribution in [3.8, 4) is 22.6 Å². The first-order valence-electron chi connectivity index (χ1n) is 8.27. The van der Waals surface area contributed by atoms with Gasteiger partial charge in [-0.2, -0.15) is 0 Å². The molecular weight excluding hydrogens is 353 g/mol. The molecule has 134 valence electrons. The molecule has 0 unspecified atom stereocenters. The third-order valence-corrected chi connectivity index (χ3v) is 4.11. The van der Waals surface area contributed by atoms with E-state index in [1.54, 1.807) is 30.3 Å². The minimum Gasteiger partial charge on any atom is -0.488 e.